The second-order valence-electron chi connectivity index (χ2n) is 6.32. The van der Waals surface area contributed by atoms with Gasteiger partial charge in [0.1, 0.15) is 5.82 Å². The quantitative estimate of drug-likeness (QED) is 0.811. The van der Waals surface area contributed by atoms with Crippen molar-refractivity contribution >= 4 is 5.69 Å². The molecular weight excluding hydrogens is 248 g/mol. The predicted octanol–water partition coefficient (Wildman–Crippen LogP) is 3.11. The highest BCUT2D eigenvalue weighted by atomic mass is 15.2. The zero-order chi connectivity index (χ0) is 15.3. The van der Waals surface area contributed by atoms with E-state index >= 15 is 0 Å². The van der Waals surface area contributed by atoms with E-state index < -0.39 is 0 Å². The molecule has 0 fully saturated rings. The maximum Gasteiger partial charge on any atom is 0.131 e. The van der Waals surface area contributed by atoms with E-state index in [1.165, 1.54) is 0 Å². The molecule has 0 radical (unpaired) electrons. The Morgan fingerprint density at radius 2 is 2.05 bits per heavy atom. The summed E-state index contributed by atoms with van der Waals surface area (Å²) in [6, 6.07) is 0. The van der Waals surface area contributed by atoms with Crippen LogP contribution in [-0.4, -0.2) is 29.1 Å². The normalized spacial score (nSPS) is 11.8. The maximum absolute atomic E-state index is 4.73. The maximum atomic E-state index is 4.73. The average Bonchev–Trinajstić information content (AvgIpc) is 2.35. The molecule has 1 heterocycles. The Balaban J connectivity index is 3.29. The SMILES string of the molecule is C=CCN(c1cnc(C(C)C)nc1CNC)C(C)(C)C. The summed E-state index contributed by atoms with van der Waals surface area (Å²) in [6.07, 6.45) is 3.87. The second-order valence-corrected chi connectivity index (χ2v) is 6.32. The molecule has 4 heteroatoms. The molecule has 0 saturated carbocycles. The van der Waals surface area contributed by atoms with Gasteiger partial charge >= 0.3 is 0 Å². The number of aromatic nitrogens is 2. The molecule has 0 aliphatic rings. The van der Waals surface area contributed by atoms with Crippen molar-refractivity contribution in [3.05, 3.63) is 30.4 Å². The molecule has 0 aliphatic heterocycles. The molecule has 1 aromatic rings. The van der Waals surface area contributed by atoms with Gasteiger partial charge in [-0.15, -0.1) is 6.58 Å². The van der Waals surface area contributed by atoms with Crippen LogP contribution < -0.4 is 10.2 Å². The Labute approximate surface area is 123 Å². The van der Waals surface area contributed by atoms with Gasteiger partial charge in [-0.25, -0.2) is 9.97 Å². The molecule has 0 spiro atoms. The Morgan fingerprint density at radius 1 is 1.40 bits per heavy atom. The minimum absolute atomic E-state index is 0.000606. The van der Waals surface area contributed by atoms with Crippen LogP contribution in [0.25, 0.3) is 0 Å². The lowest BCUT2D eigenvalue weighted by Gasteiger charge is -2.37. The van der Waals surface area contributed by atoms with Gasteiger partial charge in [-0.3, -0.25) is 0 Å². The van der Waals surface area contributed by atoms with Crippen LogP contribution >= 0.6 is 0 Å². The van der Waals surface area contributed by atoms with Gasteiger partial charge < -0.3 is 10.2 Å². The van der Waals surface area contributed by atoms with E-state index in [1.54, 1.807) is 0 Å². The predicted molar refractivity (Wildman–Crippen MR) is 86.2 cm³/mol. The number of nitrogens with one attached hydrogen (secondary N) is 1. The van der Waals surface area contributed by atoms with Crippen molar-refractivity contribution in [2.24, 2.45) is 0 Å². The molecule has 1 aromatic heterocycles. The van der Waals surface area contributed by atoms with Crippen molar-refractivity contribution in [2.75, 3.05) is 18.5 Å². The fourth-order valence-electron chi connectivity index (χ4n) is 2.09. The standard InChI is InChI=1S/C16H28N4/c1-8-9-20(16(4,5)6)14-11-18-15(12(2)3)19-13(14)10-17-7/h8,11-12,17H,1,9-10H2,2-7H3. The van der Waals surface area contributed by atoms with E-state index in [-0.39, 0.29) is 5.54 Å². The van der Waals surface area contributed by atoms with Gasteiger partial charge in [0, 0.05) is 24.5 Å². The molecular formula is C16H28N4. The van der Waals surface area contributed by atoms with Crippen LogP contribution in [0.5, 0.6) is 0 Å². The Bertz CT molecular complexity index is 446. The minimum Gasteiger partial charge on any atom is -0.360 e. The number of rotatable bonds is 6. The number of anilines is 1. The largest absolute Gasteiger partial charge is 0.360 e. The van der Waals surface area contributed by atoms with E-state index in [0.717, 1.165) is 30.3 Å². The molecule has 20 heavy (non-hydrogen) atoms. The molecule has 0 aromatic carbocycles. The van der Waals surface area contributed by atoms with Crippen LogP contribution in [0.1, 0.15) is 52.1 Å². The highest BCUT2D eigenvalue weighted by Gasteiger charge is 2.24. The van der Waals surface area contributed by atoms with E-state index in [9.17, 15) is 0 Å². The Morgan fingerprint density at radius 3 is 2.50 bits per heavy atom. The summed E-state index contributed by atoms with van der Waals surface area (Å²) in [5, 5.41) is 3.20. The van der Waals surface area contributed by atoms with Gasteiger partial charge in [0.15, 0.2) is 0 Å². The third kappa shape index (κ3) is 4.04. The lowest BCUT2D eigenvalue weighted by molar-refractivity contribution is 0.517. The monoisotopic (exact) mass is 276 g/mol. The summed E-state index contributed by atoms with van der Waals surface area (Å²) in [7, 11) is 1.94. The first-order valence-corrected chi connectivity index (χ1v) is 7.20. The van der Waals surface area contributed by atoms with E-state index in [0.29, 0.717) is 5.92 Å². The third-order valence-electron chi connectivity index (χ3n) is 3.14. The van der Waals surface area contributed by atoms with Crippen LogP contribution in [0.15, 0.2) is 18.9 Å². The second kappa shape index (κ2) is 6.84. The van der Waals surface area contributed by atoms with Crippen molar-refractivity contribution in [2.45, 2.75) is 52.6 Å². The number of hydrogen-bond acceptors (Lipinski definition) is 4. The molecule has 0 unspecified atom stereocenters. The van der Waals surface area contributed by atoms with Crippen LogP contribution in [0.2, 0.25) is 0 Å². The number of hydrogen-bond donors (Lipinski definition) is 1. The average molecular weight is 276 g/mol. The molecule has 112 valence electrons. The third-order valence-corrected chi connectivity index (χ3v) is 3.14. The highest BCUT2D eigenvalue weighted by molar-refractivity contribution is 5.52. The van der Waals surface area contributed by atoms with Gasteiger partial charge in [-0.05, 0) is 27.8 Å². The lowest BCUT2D eigenvalue weighted by Crippen LogP contribution is -2.42. The first-order chi connectivity index (χ1) is 9.31. The summed E-state index contributed by atoms with van der Waals surface area (Å²) >= 11 is 0. The van der Waals surface area contributed by atoms with Crippen LogP contribution in [0.3, 0.4) is 0 Å². The van der Waals surface area contributed by atoms with Crippen LogP contribution in [0, 0.1) is 0 Å². The van der Waals surface area contributed by atoms with Gasteiger partial charge in [0.2, 0.25) is 0 Å². The molecule has 0 saturated heterocycles. The summed E-state index contributed by atoms with van der Waals surface area (Å²) in [5.74, 6) is 1.23. The number of nitrogens with zero attached hydrogens (tertiary/aromatic N) is 3. The fourth-order valence-corrected chi connectivity index (χ4v) is 2.09. The molecule has 0 aliphatic carbocycles. The van der Waals surface area contributed by atoms with E-state index in [2.05, 4.69) is 56.4 Å². The van der Waals surface area contributed by atoms with Crippen molar-refractivity contribution in [3.8, 4) is 0 Å². The van der Waals surface area contributed by atoms with Gasteiger partial charge in [0.05, 0.1) is 17.6 Å². The van der Waals surface area contributed by atoms with Crippen LogP contribution in [-0.2, 0) is 6.54 Å². The molecule has 4 nitrogen and oxygen atoms in total. The first kappa shape index (κ1) is 16.6. The molecule has 0 atom stereocenters. The zero-order valence-corrected chi connectivity index (χ0v) is 13.7. The molecule has 0 amide bonds. The molecule has 0 bridgehead atoms. The topological polar surface area (TPSA) is 41.1 Å². The lowest BCUT2D eigenvalue weighted by atomic mass is 10.0. The summed E-state index contributed by atoms with van der Waals surface area (Å²) in [4.78, 5) is 11.5. The fraction of sp³-hybridized carbons (Fsp3) is 0.625. The minimum atomic E-state index is -0.000606. The van der Waals surface area contributed by atoms with Crippen molar-refractivity contribution < 1.29 is 0 Å². The molecule has 1 N–H and O–H groups in total. The first-order valence-electron chi connectivity index (χ1n) is 7.20. The summed E-state index contributed by atoms with van der Waals surface area (Å²) in [6.45, 7) is 16.2. The van der Waals surface area contributed by atoms with Gasteiger partial charge in [-0.1, -0.05) is 19.9 Å². The van der Waals surface area contributed by atoms with Crippen molar-refractivity contribution in [1.29, 1.82) is 0 Å². The van der Waals surface area contributed by atoms with Crippen molar-refractivity contribution in [1.82, 2.24) is 15.3 Å². The zero-order valence-electron chi connectivity index (χ0n) is 13.7. The Kier molecular flexibility index (Phi) is 5.69. The molecule has 1 rings (SSSR count). The van der Waals surface area contributed by atoms with Gasteiger partial charge in [-0.2, -0.15) is 0 Å². The van der Waals surface area contributed by atoms with E-state index in [4.69, 9.17) is 4.98 Å². The van der Waals surface area contributed by atoms with Crippen LogP contribution in [0.4, 0.5) is 5.69 Å². The smallest absolute Gasteiger partial charge is 0.131 e. The van der Waals surface area contributed by atoms with E-state index in [1.807, 2.05) is 19.3 Å². The Hall–Kier alpha value is -1.42. The summed E-state index contributed by atoms with van der Waals surface area (Å²) in [5.41, 5.74) is 2.12. The van der Waals surface area contributed by atoms with Gasteiger partial charge in [0.25, 0.3) is 0 Å². The highest BCUT2D eigenvalue weighted by Crippen LogP contribution is 2.27. The summed E-state index contributed by atoms with van der Waals surface area (Å²) < 4.78 is 0. The van der Waals surface area contributed by atoms with Crippen molar-refractivity contribution in [3.63, 3.8) is 0 Å².